The van der Waals surface area contributed by atoms with Crippen molar-refractivity contribution in [1.82, 2.24) is 4.98 Å². The van der Waals surface area contributed by atoms with Gasteiger partial charge in [0, 0.05) is 30.0 Å². The highest BCUT2D eigenvalue weighted by Gasteiger charge is 2.08. The van der Waals surface area contributed by atoms with Crippen molar-refractivity contribution in [2.75, 3.05) is 19.6 Å². The van der Waals surface area contributed by atoms with E-state index in [2.05, 4.69) is 4.98 Å². The molecule has 0 bridgehead atoms. The van der Waals surface area contributed by atoms with Crippen molar-refractivity contribution >= 4 is 11.7 Å². The number of nitrogens with zero attached hydrogens (tertiary/aromatic N) is 1. The standard InChI is InChI=1S/C20H19N3O3/c1-25-12-26-17-8-6-14(7-9-17)18-10-16(11-23-19(18)21)13-2-4-15(5-3-13)20(22)24/h2-11H,12H2,1H3,(H2,21,23)(H2,22,24). The third kappa shape index (κ3) is 3.81. The van der Waals surface area contributed by atoms with Crippen LogP contribution in [-0.4, -0.2) is 24.8 Å². The molecule has 1 heterocycles. The smallest absolute Gasteiger partial charge is 0.248 e. The summed E-state index contributed by atoms with van der Waals surface area (Å²) in [6, 6.07) is 16.5. The molecule has 26 heavy (non-hydrogen) atoms. The second-order valence-electron chi connectivity index (χ2n) is 5.67. The molecule has 1 aromatic heterocycles. The van der Waals surface area contributed by atoms with Crippen LogP contribution in [0.4, 0.5) is 5.82 Å². The Kier molecular flexibility index (Phi) is 5.15. The fourth-order valence-corrected chi connectivity index (χ4v) is 2.55. The Hall–Kier alpha value is -3.38. The van der Waals surface area contributed by atoms with E-state index < -0.39 is 5.91 Å². The van der Waals surface area contributed by atoms with Crippen molar-refractivity contribution in [3.63, 3.8) is 0 Å². The van der Waals surface area contributed by atoms with Gasteiger partial charge in [-0.2, -0.15) is 0 Å². The summed E-state index contributed by atoms with van der Waals surface area (Å²) in [6.45, 7) is 0.194. The van der Waals surface area contributed by atoms with Crippen LogP contribution in [0.3, 0.4) is 0 Å². The molecule has 0 radical (unpaired) electrons. The highest BCUT2D eigenvalue weighted by molar-refractivity contribution is 5.93. The zero-order chi connectivity index (χ0) is 18.5. The van der Waals surface area contributed by atoms with Crippen molar-refractivity contribution in [2.45, 2.75) is 0 Å². The van der Waals surface area contributed by atoms with Crippen molar-refractivity contribution < 1.29 is 14.3 Å². The number of carbonyl (C=O) groups excluding carboxylic acids is 1. The number of pyridine rings is 1. The highest BCUT2D eigenvalue weighted by Crippen LogP contribution is 2.30. The molecular formula is C20H19N3O3. The first kappa shape index (κ1) is 17.4. The molecule has 0 atom stereocenters. The molecule has 3 rings (SSSR count). The van der Waals surface area contributed by atoms with Gasteiger partial charge in [-0.15, -0.1) is 0 Å². The van der Waals surface area contributed by atoms with Crippen molar-refractivity contribution in [1.29, 1.82) is 0 Å². The van der Waals surface area contributed by atoms with E-state index >= 15 is 0 Å². The molecule has 0 spiro atoms. The lowest BCUT2D eigenvalue weighted by Gasteiger charge is -2.10. The molecule has 0 saturated carbocycles. The first-order valence-electron chi connectivity index (χ1n) is 7.96. The molecule has 0 aliphatic carbocycles. The van der Waals surface area contributed by atoms with E-state index in [4.69, 9.17) is 20.9 Å². The maximum absolute atomic E-state index is 11.2. The topological polar surface area (TPSA) is 100 Å². The van der Waals surface area contributed by atoms with E-state index in [1.807, 2.05) is 42.5 Å². The maximum atomic E-state index is 11.2. The number of hydrogen-bond acceptors (Lipinski definition) is 5. The van der Waals surface area contributed by atoms with E-state index in [0.29, 0.717) is 17.1 Å². The number of anilines is 1. The summed E-state index contributed by atoms with van der Waals surface area (Å²) < 4.78 is 10.3. The SMILES string of the molecule is COCOc1ccc(-c2cc(-c3ccc(C(N)=O)cc3)cnc2N)cc1. The minimum atomic E-state index is -0.455. The highest BCUT2D eigenvalue weighted by atomic mass is 16.7. The summed E-state index contributed by atoms with van der Waals surface area (Å²) in [5, 5.41) is 0. The Morgan fingerprint density at radius 3 is 2.27 bits per heavy atom. The lowest BCUT2D eigenvalue weighted by molar-refractivity contribution is 0.0511. The largest absolute Gasteiger partial charge is 0.468 e. The van der Waals surface area contributed by atoms with Gasteiger partial charge < -0.3 is 20.9 Å². The van der Waals surface area contributed by atoms with Crippen LogP contribution < -0.4 is 16.2 Å². The number of amides is 1. The van der Waals surface area contributed by atoms with E-state index in [0.717, 1.165) is 22.3 Å². The second-order valence-corrected chi connectivity index (χ2v) is 5.67. The van der Waals surface area contributed by atoms with Gasteiger partial charge in [0.15, 0.2) is 6.79 Å². The van der Waals surface area contributed by atoms with Crippen LogP contribution in [0.2, 0.25) is 0 Å². The Bertz CT molecular complexity index is 907. The fourth-order valence-electron chi connectivity index (χ4n) is 2.55. The van der Waals surface area contributed by atoms with Gasteiger partial charge in [0.2, 0.25) is 5.91 Å². The van der Waals surface area contributed by atoms with Crippen LogP contribution in [-0.2, 0) is 4.74 Å². The minimum Gasteiger partial charge on any atom is -0.468 e. The normalized spacial score (nSPS) is 10.5. The van der Waals surface area contributed by atoms with E-state index in [-0.39, 0.29) is 6.79 Å². The van der Waals surface area contributed by atoms with Crippen LogP contribution in [0.15, 0.2) is 60.8 Å². The van der Waals surface area contributed by atoms with Crippen LogP contribution in [0, 0.1) is 0 Å². The average Bonchev–Trinajstić information content (AvgIpc) is 2.67. The predicted octanol–water partition coefficient (Wildman–Crippen LogP) is 3.08. The van der Waals surface area contributed by atoms with Crippen LogP contribution >= 0.6 is 0 Å². The number of benzene rings is 2. The monoisotopic (exact) mass is 349 g/mol. The second kappa shape index (κ2) is 7.67. The zero-order valence-corrected chi connectivity index (χ0v) is 14.3. The quantitative estimate of drug-likeness (QED) is 0.666. The number of rotatable bonds is 6. The number of methoxy groups -OCH3 is 1. The molecule has 0 aliphatic heterocycles. The van der Waals surface area contributed by atoms with Gasteiger partial charge in [-0.05, 0) is 41.5 Å². The van der Waals surface area contributed by atoms with E-state index in [9.17, 15) is 4.79 Å². The lowest BCUT2D eigenvalue weighted by atomic mass is 10.00. The molecular weight excluding hydrogens is 330 g/mol. The van der Waals surface area contributed by atoms with Crippen molar-refractivity contribution in [2.24, 2.45) is 5.73 Å². The van der Waals surface area contributed by atoms with Crippen LogP contribution in [0.25, 0.3) is 22.3 Å². The minimum absolute atomic E-state index is 0.194. The molecule has 0 aliphatic rings. The molecule has 132 valence electrons. The van der Waals surface area contributed by atoms with E-state index in [1.165, 1.54) is 0 Å². The number of nitrogens with two attached hydrogens (primary N) is 2. The first-order valence-corrected chi connectivity index (χ1v) is 7.96. The Morgan fingerprint density at radius 2 is 1.65 bits per heavy atom. The summed E-state index contributed by atoms with van der Waals surface area (Å²) in [5.41, 5.74) is 15.4. The zero-order valence-electron chi connectivity index (χ0n) is 14.3. The molecule has 1 amide bonds. The summed E-state index contributed by atoms with van der Waals surface area (Å²) in [6.07, 6.45) is 1.70. The Labute approximate surface area is 151 Å². The van der Waals surface area contributed by atoms with Gasteiger partial charge in [0.25, 0.3) is 0 Å². The van der Waals surface area contributed by atoms with Gasteiger partial charge >= 0.3 is 0 Å². The molecule has 3 aromatic rings. The van der Waals surface area contributed by atoms with Crippen LogP contribution in [0.5, 0.6) is 5.75 Å². The summed E-state index contributed by atoms with van der Waals surface area (Å²) in [5.74, 6) is 0.692. The van der Waals surface area contributed by atoms with Crippen molar-refractivity contribution in [3.05, 3.63) is 66.4 Å². The molecule has 4 N–H and O–H groups in total. The Morgan fingerprint density at radius 1 is 1.00 bits per heavy atom. The molecule has 0 unspecified atom stereocenters. The first-order chi connectivity index (χ1) is 12.6. The third-order valence-corrected chi connectivity index (χ3v) is 3.93. The van der Waals surface area contributed by atoms with Crippen molar-refractivity contribution in [3.8, 4) is 28.0 Å². The van der Waals surface area contributed by atoms with Gasteiger partial charge in [0.05, 0.1) is 0 Å². The van der Waals surface area contributed by atoms with Crippen LogP contribution in [0.1, 0.15) is 10.4 Å². The number of aromatic nitrogens is 1. The third-order valence-electron chi connectivity index (χ3n) is 3.93. The molecule has 0 fully saturated rings. The summed E-state index contributed by atoms with van der Waals surface area (Å²) in [7, 11) is 1.57. The number of primary amides is 1. The maximum Gasteiger partial charge on any atom is 0.248 e. The van der Waals surface area contributed by atoms with Gasteiger partial charge in [0.1, 0.15) is 11.6 Å². The molecule has 0 saturated heterocycles. The Balaban J connectivity index is 1.91. The van der Waals surface area contributed by atoms with Gasteiger partial charge in [-0.25, -0.2) is 4.98 Å². The molecule has 6 nitrogen and oxygen atoms in total. The average molecular weight is 349 g/mol. The molecule has 2 aromatic carbocycles. The summed E-state index contributed by atoms with van der Waals surface area (Å²) >= 11 is 0. The predicted molar refractivity (Wildman–Crippen MR) is 101 cm³/mol. The number of ether oxygens (including phenoxy) is 2. The van der Waals surface area contributed by atoms with E-state index in [1.54, 1.807) is 25.4 Å². The number of carbonyl (C=O) groups is 1. The van der Waals surface area contributed by atoms with Gasteiger partial charge in [-0.3, -0.25) is 4.79 Å². The lowest BCUT2D eigenvalue weighted by Crippen LogP contribution is -2.10. The fraction of sp³-hybridized carbons (Fsp3) is 0.100. The van der Waals surface area contributed by atoms with Gasteiger partial charge in [-0.1, -0.05) is 24.3 Å². The number of hydrogen-bond donors (Lipinski definition) is 2. The number of nitrogen functional groups attached to an aromatic ring is 1. The summed E-state index contributed by atoms with van der Waals surface area (Å²) in [4.78, 5) is 15.5. The molecule has 6 heteroatoms.